The first-order valence-electron chi connectivity index (χ1n) is 24.8. The molecule has 0 N–H and O–H groups in total. The lowest BCUT2D eigenvalue weighted by Crippen LogP contribution is -2.30. The van der Waals surface area contributed by atoms with Crippen LogP contribution in [0.1, 0.15) is 188 Å². The number of carbonyl (C=O) groups excluding carboxylic acids is 3. The van der Waals surface area contributed by atoms with Crippen LogP contribution < -0.4 is 0 Å². The van der Waals surface area contributed by atoms with Crippen LogP contribution in [0.15, 0.2) is 134 Å². The van der Waals surface area contributed by atoms with Crippen LogP contribution in [0.3, 0.4) is 0 Å². The van der Waals surface area contributed by atoms with Crippen molar-refractivity contribution in [2.75, 3.05) is 13.2 Å². The van der Waals surface area contributed by atoms with Crippen LogP contribution in [0.5, 0.6) is 0 Å². The van der Waals surface area contributed by atoms with Gasteiger partial charge in [-0.2, -0.15) is 0 Å². The van der Waals surface area contributed by atoms with Gasteiger partial charge in [0.25, 0.3) is 0 Å². The van der Waals surface area contributed by atoms with Crippen molar-refractivity contribution in [1.29, 1.82) is 0 Å². The van der Waals surface area contributed by atoms with E-state index in [-0.39, 0.29) is 31.6 Å². The maximum absolute atomic E-state index is 12.7. The number of ether oxygens (including phenoxy) is 3. The molecule has 0 heterocycles. The summed E-state index contributed by atoms with van der Waals surface area (Å²) >= 11 is 0. The second kappa shape index (κ2) is 50.2. The summed E-state index contributed by atoms with van der Waals surface area (Å²) in [4.78, 5) is 37.9. The zero-order valence-electron chi connectivity index (χ0n) is 40.0. The highest BCUT2D eigenvalue weighted by Crippen LogP contribution is 2.13. The SMILES string of the molecule is CC/C=C/C=C/C=C/C=C/C=C/CCCC(=O)OC(COC(=O)CCCCC/C=C/C=C/C=C/C=C/CC)COC(=O)CCCCCCCCCCCC/C=C/C=C/CCCCC. The minimum absolute atomic E-state index is 0.126. The molecule has 0 spiro atoms. The van der Waals surface area contributed by atoms with E-state index in [1.807, 2.05) is 91.1 Å². The molecule has 0 radical (unpaired) electrons. The van der Waals surface area contributed by atoms with E-state index in [1.54, 1.807) is 0 Å². The molecule has 0 aromatic rings. The highest BCUT2D eigenvalue weighted by atomic mass is 16.6. The number of unbranched alkanes of at least 4 members (excludes halogenated alkanes) is 17. The number of hydrogen-bond donors (Lipinski definition) is 0. The van der Waals surface area contributed by atoms with Gasteiger partial charge in [0.05, 0.1) is 0 Å². The Morgan fingerprint density at radius 2 is 0.635 bits per heavy atom. The Labute approximate surface area is 385 Å². The van der Waals surface area contributed by atoms with E-state index in [0.29, 0.717) is 19.3 Å². The largest absolute Gasteiger partial charge is 0.462 e. The smallest absolute Gasteiger partial charge is 0.306 e. The van der Waals surface area contributed by atoms with Crippen molar-refractivity contribution in [2.24, 2.45) is 0 Å². The summed E-state index contributed by atoms with van der Waals surface area (Å²) < 4.78 is 16.7. The molecule has 0 bridgehead atoms. The van der Waals surface area contributed by atoms with Gasteiger partial charge in [0, 0.05) is 19.3 Å². The molecule has 0 aromatic heterocycles. The quantitative estimate of drug-likeness (QED) is 0.0263. The van der Waals surface area contributed by atoms with E-state index in [9.17, 15) is 14.4 Å². The zero-order valence-corrected chi connectivity index (χ0v) is 40.0. The van der Waals surface area contributed by atoms with Gasteiger partial charge < -0.3 is 14.2 Å². The Kier molecular flexibility index (Phi) is 46.7. The van der Waals surface area contributed by atoms with Gasteiger partial charge in [-0.1, -0.05) is 225 Å². The molecule has 0 amide bonds. The molecular weight excluding hydrogens is 781 g/mol. The Morgan fingerprint density at radius 3 is 1.05 bits per heavy atom. The topological polar surface area (TPSA) is 78.9 Å². The van der Waals surface area contributed by atoms with Crippen LogP contribution >= 0.6 is 0 Å². The fraction of sp³-hybridized carbons (Fsp3) is 0.561. The molecular formula is C57H88O6. The van der Waals surface area contributed by atoms with E-state index >= 15 is 0 Å². The van der Waals surface area contributed by atoms with Crippen LogP contribution in [0.25, 0.3) is 0 Å². The molecule has 0 aliphatic carbocycles. The summed E-state index contributed by atoms with van der Waals surface area (Å²) in [5.74, 6) is -1.06. The van der Waals surface area contributed by atoms with E-state index in [1.165, 1.54) is 77.0 Å². The van der Waals surface area contributed by atoms with Gasteiger partial charge in [-0.3, -0.25) is 14.4 Å². The van der Waals surface area contributed by atoms with Crippen LogP contribution in [0.2, 0.25) is 0 Å². The minimum Gasteiger partial charge on any atom is -0.462 e. The van der Waals surface area contributed by atoms with E-state index < -0.39 is 12.1 Å². The van der Waals surface area contributed by atoms with Crippen LogP contribution in [-0.2, 0) is 28.6 Å². The summed E-state index contributed by atoms with van der Waals surface area (Å²) in [6.07, 6.45) is 70.2. The predicted octanol–water partition coefficient (Wildman–Crippen LogP) is 16.3. The molecule has 6 nitrogen and oxygen atoms in total. The number of allylic oxidation sites excluding steroid dienone is 22. The first-order valence-corrected chi connectivity index (χ1v) is 24.8. The van der Waals surface area contributed by atoms with Crippen LogP contribution in [-0.4, -0.2) is 37.2 Å². The third-order valence-corrected chi connectivity index (χ3v) is 9.87. The van der Waals surface area contributed by atoms with Gasteiger partial charge in [-0.25, -0.2) is 0 Å². The van der Waals surface area contributed by atoms with Crippen molar-refractivity contribution < 1.29 is 28.6 Å². The molecule has 0 saturated carbocycles. The van der Waals surface area contributed by atoms with Gasteiger partial charge in [-0.15, -0.1) is 0 Å². The third-order valence-electron chi connectivity index (χ3n) is 9.87. The van der Waals surface area contributed by atoms with Crippen molar-refractivity contribution in [2.45, 2.75) is 194 Å². The first-order chi connectivity index (χ1) is 31.0. The Balaban J connectivity index is 4.52. The highest BCUT2D eigenvalue weighted by molar-refractivity contribution is 5.71. The van der Waals surface area contributed by atoms with Crippen molar-refractivity contribution in [3.8, 4) is 0 Å². The Hall–Kier alpha value is -4.45. The van der Waals surface area contributed by atoms with Gasteiger partial charge in [0.15, 0.2) is 6.10 Å². The first kappa shape index (κ1) is 58.6. The maximum Gasteiger partial charge on any atom is 0.306 e. The highest BCUT2D eigenvalue weighted by Gasteiger charge is 2.19. The van der Waals surface area contributed by atoms with E-state index in [4.69, 9.17) is 14.2 Å². The molecule has 0 fully saturated rings. The second-order valence-electron chi connectivity index (χ2n) is 15.8. The van der Waals surface area contributed by atoms with E-state index in [2.05, 4.69) is 63.3 Å². The standard InChI is InChI=1S/C57H88O6/c1-4-7-10-13-16-19-22-25-26-27-28-29-30-33-35-38-41-44-47-50-56(59)62-53-54(63-57(60)51-48-45-42-39-36-32-24-21-18-15-12-9-6-3)52-61-55(58)49-46-43-40-37-34-31-23-20-17-14-11-8-5-2/h8-9,11-12,14-25,31-32,34,36,39,42,54H,4-7,10,13,26-30,33,35,37-38,40-41,43-53H2,1-3H3/b11-8+,12-9+,17-14+,18-15+,19-16+,23-20+,24-21+,25-22+,34-31+,36-32+,42-39+. The number of carbonyl (C=O) groups is 3. The second-order valence-corrected chi connectivity index (χ2v) is 15.8. The van der Waals surface area contributed by atoms with Gasteiger partial charge >= 0.3 is 17.9 Å². The predicted molar refractivity (Wildman–Crippen MR) is 269 cm³/mol. The molecule has 0 aliphatic rings. The van der Waals surface area contributed by atoms with E-state index in [0.717, 1.165) is 64.2 Å². The average molecular weight is 869 g/mol. The average Bonchev–Trinajstić information content (AvgIpc) is 3.28. The van der Waals surface area contributed by atoms with Crippen molar-refractivity contribution in [1.82, 2.24) is 0 Å². The summed E-state index contributed by atoms with van der Waals surface area (Å²) in [5.41, 5.74) is 0. The molecule has 6 heteroatoms. The normalized spacial score (nSPS) is 13.3. The molecule has 1 unspecified atom stereocenters. The Morgan fingerprint density at radius 1 is 0.333 bits per heavy atom. The summed E-state index contributed by atoms with van der Waals surface area (Å²) in [5, 5.41) is 0. The molecule has 0 aromatic carbocycles. The number of hydrogen-bond acceptors (Lipinski definition) is 6. The summed E-state index contributed by atoms with van der Waals surface area (Å²) in [7, 11) is 0. The molecule has 0 aliphatic heterocycles. The molecule has 0 rings (SSSR count). The van der Waals surface area contributed by atoms with Gasteiger partial charge in [0.2, 0.25) is 0 Å². The van der Waals surface area contributed by atoms with Gasteiger partial charge in [0.1, 0.15) is 13.2 Å². The molecule has 352 valence electrons. The molecule has 1 atom stereocenters. The van der Waals surface area contributed by atoms with Crippen molar-refractivity contribution >= 4 is 17.9 Å². The fourth-order valence-electron chi connectivity index (χ4n) is 6.18. The van der Waals surface area contributed by atoms with Crippen LogP contribution in [0.4, 0.5) is 0 Å². The monoisotopic (exact) mass is 869 g/mol. The summed E-state index contributed by atoms with van der Waals surface area (Å²) in [6, 6.07) is 0. The number of esters is 3. The molecule has 0 saturated heterocycles. The molecule has 63 heavy (non-hydrogen) atoms. The van der Waals surface area contributed by atoms with Gasteiger partial charge in [-0.05, 0) is 77.0 Å². The van der Waals surface area contributed by atoms with Crippen molar-refractivity contribution in [3.05, 3.63) is 134 Å². The van der Waals surface area contributed by atoms with Crippen LogP contribution in [0, 0.1) is 0 Å². The van der Waals surface area contributed by atoms with Crippen molar-refractivity contribution in [3.63, 3.8) is 0 Å². The number of rotatable bonds is 42. The minimum atomic E-state index is -0.836. The maximum atomic E-state index is 12.7. The Bertz CT molecular complexity index is 1420. The fourth-order valence-corrected chi connectivity index (χ4v) is 6.18. The lowest BCUT2D eigenvalue weighted by molar-refractivity contribution is -0.167. The summed E-state index contributed by atoms with van der Waals surface area (Å²) in [6.45, 7) is 6.20. The lowest BCUT2D eigenvalue weighted by atomic mass is 10.1. The zero-order chi connectivity index (χ0) is 45.8. The lowest BCUT2D eigenvalue weighted by Gasteiger charge is -2.18. The third kappa shape index (κ3) is 48.4.